The Morgan fingerprint density at radius 2 is 1.70 bits per heavy atom. The molecule has 0 spiro atoms. The van der Waals surface area contributed by atoms with Crippen LogP contribution in [0.4, 0.5) is 4.39 Å². The van der Waals surface area contributed by atoms with Crippen molar-refractivity contribution >= 4 is 45.1 Å². The molecule has 7 rings (SSSR count). The number of rotatable bonds is 7. The first-order valence-corrected chi connectivity index (χ1v) is 16.2. The van der Waals surface area contributed by atoms with Crippen LogP contribution in [0.2, 0.25) is 0 Å². The second kappa shape index (κ2) is 12.1. The van der Waals surface area contributed by atoms with Crippen molar-refractivity contribution in [2.75, 3.05) is 13.7 Å². The molecule has 7 nitrogen and oxygen atoms in total. The fraction of sp³-hybridized carbons (Fsp3) is 0.184. The van der Waals surface area contributed by atoms with Crippen molar-refractivity contribution in [3.05, 3.63) is 144 Å². The molecule has 2 aromatic heterocycles. The van der Waals surface area contributed by atoms with Crippen LogP contribution in [0.3, 0.4) is 0 Å². The molecule has 47 heavy (non-hydrogen) atoms. The Labute approximate surface area is 274 Å². The third-order valence-electron chi connectivity index (χ3n) is 8.75. The summed E-state index contributed by atoms with van der Waals surface area (Å²) in [5.41, 5.74) is 5.07. The number of benzene rings is 4. The SMILES string of the molecule is CCOC(=O)C1=C(C)N=c2s/c(=C\c3c(C)n(Cc4ccc(F)cc4)c4ccccc34)c(=O)n2[C@@H]1c1c(OC)ccc2ccccc12. The lowest BCUT2D eigenvalue weighted by atomic mass is 9.90. The van der Waals surface area contributed by atoms with E-state index in [4.69, 9.17) is 14.5 Å². The lowest BCUT2D eigenvalue weighted by Crippen LogP contribution is -2.40. The van der Waals surface area contributed by atoms with Gasteiger partial charge in [0.25, 0.3) is 5.56 Å². The zero-order valence-electron chi connectivity index (χ0n) is 26.4. The summed E-state index contributed by atoms with van der Waals surface area (Å²) in [6, 6.07) is 25.4. The normalized spacial score (nSPS) is 14.8. The van der Waals surface area contributed by atoms with Crippen molar-refractivity contribution in [3.63, 3.8) is 0 Å². The number of hydrogen-bond acceptors (Lipinski definition) is 6. The predicted molar refractivity (Wildman–Crippen MR) is 183 cm³/mol. The number of esters is 1. The molecule has 0 amide bonds. The van der Waals surface area contributed by atoms with E-state index in [0.29, 0.717) is 38.5 Å². The summed E-state index contributed by atoms with van der Waals surface area (Å²) in [6.45, 7) is 6.29. The molecular weight excluding hydrogens is 614 g/mol. The Balaban J connectivity index is 1.47. The number of carbonyl (C=O) groups excluding carboxylic acids is 1. The number of aromatic nitrogens is 2. The van der Waals surface area contributed by atoms with Gasteiger partial charge >= 0.3 is 5.97 Å². The van der Waals surface area contributed by atoms with Crippen LogP contribution in [0.25, 0.3) is 27.8 Å². The minimum absolute atomic E-state index is 0.181. The van der Waals surface area contributed by atoms with Gasteiger partial charge in [-0.05, 0) is 67.4 Å². The number of halogens is 1. The number of para-hydroxylation sites is 1. The molecule has 0 fully saturated rings. The minimum atomic E-state index is -0.825. The number of nitrogens with zero attached hydrogens (tertiary/aromatic N) is 3. The van der Waals surface area contributed by atoms with Gasteiger partial charge in [-0.3, -0.25) is 9.36 Å². The van der Waals surface area contributed by atoms with Crippen LogP contribution >= 0.6 is 11.3 Å². The topological polar surface area (TPSA) is 74.8 Å². The predicted octanol–water partition coefficient (Wildman–Crippen LogP) is 6.41. The van der Waals surface area contributed by atoms with Crippen LogP contribution in [0.5, 0.6) is 5.75 Å². The van der Waals surface area contributed by atoms with Gasteiger partial charge in [0, 0.05) is 34.3 Å². The number of fused-ring (bicyclic) bond motifs is 3. The van der Waals surface area contributed by atoms with Gasteiger partial charge in [0.15, 0.2) is 4.80 Å². The van der Waals surface area contributed by atoms with Gasteiger partial charge in [-0.1, -0.05) is 72.0 Å². The number of methoxy groups -OCH3 is 1. The Morgan fingerprint density at radius 3 is 2.45 bits per heavy atom. The van der Waals surface area contributed by atoms with Crippen LogP contribution in [-0.2, 0) is 16.1 Å². The van der Waals surface area contributed by atoms with Gasteiger partial charge in [0.2, 0.25) is 0 Å². The van der Waals surface area contributed by atoms with Crippen molar-refractivity contribution in [2.24, 2.45) is 4.99 Å². The molecule has 0 unspecified atom stereocenters. The molecule has 236 valence electrons. The van der Waals surface area contributed by atoms with E-state index < -0.39 is 12.0 Å². The van der Waals surface area contributed by atoms with E-state index >= 15 is 0 Å². The molecule has 0 saturated carbocycles. The number of hydrogen-bond donors (Lipinski definition) is 0. The Hall–Kier alpha value is -5.28. The zero-order chi connectivity index (χ0) is 32.8. The zero-order valence-corrected chi connectivity index (χ0v) is 27.2. The van der Waals surface area contributed by atoms with E-state index in [1.807, 2.05) is 73.7 Å². The smallest absolute Gasteiger partial charge is 0.338 e. The highest BCUT2D eigenvalue weighted by Crippen LogP contribution is 2.40. The highest BCUT2D eigenvalue weighted by molar-refractivity contribution is 7.07. The van der Waals surface area contributed by atoms with E-state index in [1.165, 1.54) is 23.5 Å². The van der Waals surface area contributed by atoms with Crippen molar-refractivity contribution in [1.29, 1.82) is 0 Å². The van der Waals surface area contributed by atoms with Crippen molar-refractivity contribution in [1.82, 2.24) is 9.13 Å². The van der Waals surface area contributed by atoms with Gasteiger partial charge in [-0.25, -0.2) is 14.2 Å². The highest BCUT2D eigenvalue weighted by atomic mass is 32.1. The quantitative estimate of drug-likeness (QED) is 0.188. The average Bonchev–Trinajstić information content (AvgIpc) is 3.52. The van der Waals surface area contributed by atoms with E-state index in [9.17, 15) is 14.0 Å². The minimum Gasteiger partial charge on any atom is -0.496 e. The molecule has 1 aliphatic heterocycles. The number of allylic oxidation sites excluding steroid dienone is 1. The molecule has 0 radical (unpaired) electrons. The maximum Gasteiger partial charge on any atom is 0.338 e. The second-order valence-corrected chi connectivity index (χ2v) is 12.4. The van der Waals surface area contributed by atoms with E-state index in [-0.39, 0.29) is 18.0 Å². The third-order valence-corrected chi connectivity index (χ3v) is 9.73. The monoisotopic (exact) mass is 645 g/mol. The molecule has 0 aliphatic carbocycles. The molecule has 3 heterocycles. The number of carbonyl (C=O) groups is 1. The van der Waals surface area contributed by atoms with E-state index in [1.54, 1.807) is 37.7 Å². The molecule has 6 aromatic rings. The van der Waals surface area contributed by atoms with Gasteiger partial charge in [0.05, 0.1) is 29.5 Å². The van der Waals surface area contributed by atoms with Gasteiger partial charge in [-0.15, -0.1) is 0 Å². The molecule has 0 N–H and O–H groups in total. The molecule has 4 aromatic carbocycles. The fourth-order valence-electron chi connectivity index (χ4n) is 6.55. The Morgan fingerprint density at radius 1 is 0.979 bits per heavy atom. The Kier molecular flexibility index (Phi) is 7.85. The van der Waals surface area contributed by atoms with Crippen LogP contribution in [0.1, 0.15) is 42.3 Å². The summed E-state index contributed by atoms with van der Waals surface area (Å²) in [5, 5.41) is 2.81. The Bertz CT molecular complexity index is 2420. The summed E-state index contributed by atoms with van der Waals surface area (Å²) in [5.74, 6) is -0.248. The van der Waals surface area contributed by atoms with Gasteiger partial charge in [-0.2, -0.15) is 0 Å². The molecule has 0 bridgehead atoms. The standard InChI is InChI=1S/C38H32FN3O4S/c1-5-46-37(44)33-22(2)40-38-42(35(33)34-27-11-7-6-10-25(27)16-19-31(34)45-4)36(43)32(47-38)20-29-23(3)41(30-13-9-8-12-28(29)30)21-24-14-17-26(39)18-15-24/h6-20,35H,5,21H2,1-4H3/b32-20-/t35-/m0/s1. The maximum atomic E-state index is 14.6. The first kappa shape index (κ1) is 30.4. The van der Waals surface area contributed by atoms with Crippen LogP contribution in [0.15, 0.2) is 106 Å². The third kappa shape index (κ3) is 5.16. The summed E-state index contributed by atoms with van der Waals surface area (Å²) >= 11 is 1.29. The average molecular weight is 646 g/mol. The van der Waals surface area contributed by atoms with E-state index in [2.05, 4.69) is 4.57 Å². The van der Waals surface area contributed by atoms with Crippen molar-refractivity contribution < 1.29 is 18.7 Å². The lowest BCUT2D eigenvalue weighted by Gasteiger charge is -2.27. The summed E-state index contributed by atoms with van der Waals surface area (Å²) in [7, 11) is 1.59. The van der Waals surface area contributed by atoms with Gasteiger partial charge < -0.3 is 14.0 Å². The van der Waals surface area contributed by atoms with Crippen LogP contribution < -0.4 is 19.6 Å². The summed E-state index contributed by atoms with van der Waals surface area (Å²) in [6.07, 6.45) is 1.92. The summed E-state index contributed by atoms with van der Waals surface area (Å²) in [4.78, 5) is 33.4. The van der Waals surface area contributed by atoms with Crippen molar-refractivity contribution in [2.45, 2.75) is 33.4 Å². The largest absolute Gasteiger partial charge is 0.496 e. The molecule has 1 atom stereocenters. The van der Waals surface area contributed by atoms with E-state index in [0.717, 1.165) is 38.5 Å². The lowest BCUT2D eigenvalue weighted by molar-refractivity contribution is -0.139. The van der Waals surface area contributed by atoms with Gasteiger partial charge in [0.1, 0.15) is 17.6 Å². The number of thiazole rings is 1. The molecule has 0 saturated heterocycles. The molecule has 1 aliphatic rings. The highest BCUT2D eigenvalue weighted by Gasteiger charge is 2.36. The van der Waals surface area contributed by atoms with Crippen LogP contribution in [-0.4, -0.2) is 28.8 Å². The first-order valence-electron chi connectivity index (χ1n) is 15.4. The molecular formula is C38H32FN3O4S. The maximum absolute atomic E-state index is 14.6. The van der Waals surface area contributed by atoms with Crippen molar-refractivity contribution in [3.8, 4) is 5.75 Å². The first-order chi connectivity index (χ1) is 22.8. The number of ether oxygens (including phenoxy) is 2. The fourth-order valence-corrected chi connectivity index (χ4v) is 7.58. The second-order valence-electron chi connectivity index (χ2n) is 11.4. The van der Waals surface area contributed by atoms with Crippen LogP contribution in [0, 0.1) is 12.7 Å². The molecule has 9 heteroatoms. The summed E-state index contributed by atoms with van der Waals surface area (Å²) < 4.78 is 29.3.